The second-order valence-corrected chi connectivity index (χ2v) is 5.58. The second-order valence-electron chi connectivity index (χ2n) is 4.72. The molecule has 1 unspecified atom stereocenters. The Balaban J connectivity index is 2.01. The van der Waals surface area contributed by atoms with Crippen molar-refractivity contribution in [1.29, 1.82) is 0 Å². The molecular formula is C13H19BrN2. The molecule has 0 amide bonds. The zero-order valence-electron chi connectivity index (χ0n) is 9.89. The number of nitrogens with one attached hydrogen (secondary N) is 2. The van der Waals surface area contributed by atoms with Crippen LogP contribution in [0.25, 0.3) is 0 Å². The minimum absolute atomic E-state index is 0.559. The highest BCUT2D eigenvalue weighted by Gasteiger charge is 2.19. The molecule has 2 rings (SSSR count). The molecule has 0 aromatic heterocycles. The van der Waals surface area contributed by atoms with Crippen LogP contribution in [0.2, 0.25) is 0 Å². The standard InChI is InChI=1S/C13H19BrN2/c1-9(2)15-7-11-6-10-4-3-5-13(14)12(10)8-16-11/h3-5,9,11,15-16H,6-8H2,1-2H3. The molecule has 1 atom stereocenters. The summed E-state index contributed by atoms with van der Waals surface area (Å²) in [5.41, 5.74) is 2.90. The van der Waals surface area contributed by atoms with E-state index in [1.165, 1.54) is 15.6 Å². The number of benzene rings is 1. The number of rotatable bonds is 3. The summed E-state index contributed by atoms with van der Waals surface area (Å²) in [6.45, 7) is 6.39. The number of halogens is 1. The van der Waals surface area contributed by atoms with Crippen molar-refractivity contribution in [1.82, 2.24) is 10.6 Å². The lowest BCUT2D eigenvalue weighted by Gasteiger charge is -2.27. The molecule has 0 saturated carbocycles. The maximum absolute atomic E-state index is 3.61. The first-order valence-electron chi connectivity index (χ1n) is 5.90. The van der Waals surface area contributed by atoms with E-state index in [1.54, 1.807) is 0 Å². The second kappa shape index (κ2) is 5.30. The van der Waals surface area contributed by atoms with E-state index in [0.29, 0.717) is 12.1 Å². The van der Waals surface area contributed by atoms with Gasteiger partial charge in [-0.3, -0.25) is 0 Å². The summed E-state index contributed by atoms with van der Waals surface area (Å²) in [6.07, 6.45) is 1.12. The van der Waals surface area contributed by atoms with Gasteiger partial charge in [-0.2, -0.15) is 0 Å². The Morgan fingerprint density at radius 2 is 2.31 bits per heavy atom. The van der Waals surface area contributed by atoms with Gasteiger partial charge in [0, 0.05) is 29.6 Å². The molecular weight excluding hydrogens is 264 g/mol. The monoisotopic (exact) mass is 282 g/mol. The molecule has 0 spiro atoms. The fraction of sp³-hybridized carbons (Fsp3) is 0.538. The fourth-order valence-electron chi connectivity index (χ4n) is 2.10. The van der Waals surface area contributed by atoms with Gasteiger partial charge in [0.1, 0.15) is 0 Å². The predicted octanol–water partition coefficient (Wildman–Crippen LogP) is 2.46. The van der Waals surface area contributed by atoms with Gasteiger partial charge in [-0.25, -0.2) is 0 Å². The van der Waals surface area contributed by atoms with Crippen LogP contribution >= 0.6 is 15.9 Å². The van der Waals surface area contributed by atoms with Crippen molar-refractivity contribution >= 4 is 15.9 Å². The lowest BCUT2D eigenvalue weighted by Crippen LogP contribution is -2.44. The maximum Gasteiger partial charge on any atom is 0.0236 e. The third-order valence-corrected chi connectivity index (χ3v) is 3.77. The Morgan fingerprint density at radius 3 is 3.06 bits per heavy atom. The van der Waals surface area contributed by atoms with Crippen LogP contribution in [-0.2, 0) is 13.0 Å². The van der Waals surface area contributed by atoms with Gasteiger partial charge in [0.2, 0.25) is 0 Å². The molecule has 1 aliphatic heterocycles. The molecule has 0 fully saturated rings. The maximum atomic E-state index is 3.61. The van der Waals surface area contributed by atoms with Gasteiger partial charge in [-0.1, -0.05) is 41.9 Å². The summed E-state index contributed by atoms with van der Waals surface area (Å²) >= 11 is 3.61. The molecule has 1 aliphatic rings. The number of hydrogen-bond donors (Lipinski definition) is 2. The topological polar surface area (TPSA) is 24.1 Å². The molecule has 1 aromatic rings. The summed E-state index contributed by atoms with van der Waals surface area (Å²) in [5, 5.41) is 7.07. The van der Waals surface area contributed by atoms with Crippen molar-refractivity contribution in [3.8, 4) is 0 Å². The Bertz CT molecular complexity index is 363. The minimum Gasteiger partial charge on any atom is -0.313 e. The fourth-order valence-corrected chi connectivity index (χ4v) is 2.65. The SMILES string of the molecule is CC(C)NCC1Cc2cccc(Br)c2CN1. The number of fused-ring (bicyclic) bond motifs is 1. The summed E-state index contributed by atoms with van der Waals surface area (Å²) in [6, 6.07) is 7.60. The van der Waals surface area contributed by atoms with E-state index in [1.807, 2.05) is 0 Å². The van der Waals surface area contributed by atoms with Crippen molar-refractivity contribution in [3.05, 3.63) is 33.8 Å². The highest BCUT2D eigenvalue weighted by molar-refractivity contribution is 9.10. The summed E-state index contributed by atoms with van der Waals surface area (Å²) in [7, 11) is 0. The molecule has 16 heavy (non-hydrogen) atoms. The average molecular weight is 283 g/mol. The van der Waals surface area contributed by atoms with Gasteiger partial charge in [0.05, 0.1) is 0 Å². The first-order chi connectivity index (χ1) is 7.66. The predicted molar refractivity (Wildman–Crippen MR) is 71.6 cm³/mol. The van der Waals surface area contributed by atoms with Gasteiger partial charge in [0.25, 0.3) is 0 Å². The zero-order valence-corrected chi connectivity index (χ0v) is 11.5. The average Bonchev–Trinajstić information content (AvgIpc) is 2.26. The van der Waals surface area contributed by atoms with E-state index in [0.717, 1.165) is 19.5 Å². The Morgan fingerprint density at radius 1 is 1.50 bits per heavy atom. The lowest BCUT2D eigenvalue weighted by atomic mass is 9.96. The van der Waals surface area contributed by atoms with E-state index in [9.17, 15) is 0 Å². The molecule has 0 aliphatic carbocycles. The van der Waals surface area contributed by atoms with Crippen molar-refractivity contribution in [2.75, 3.05) is 6.54 Å². The van der Waals surface area contributed by atoms with E-state index >= 15 is 0 Å². The van der Waals surface area contributed by atoms with E-state index in [4.69, 9.17) is 0 Å². The van der Waals surface area contributed by atoms with Crippen LogP contribution in [0.1, 0.15) is 25.0 Å². The van der Waals surface area contributed by atoms with Crippen molar-refractivity contribution in [2.45, 2.75) is 38.9 Å². The molecule has 2 nitrogen and oxygen atoms in total. The van der Waals surface area contributed by atoms with Gasteiger partial charge >= 0.3 is 0 Å². The molecule has 0 radical (unpaired) electrons. The molecule has 88 valence electrons. The first-order valence-corrected chi connectivity index (χ1v) is 6.69. The van der Waals surface area contributed by atoms with Crippen molar-refractivity contribution < 1.29 is 0 Å². The van der Waals surface area contributed by atoms with Crippen LogP contribution < -0.4 is 10.6 Å². The van der Waals surface area contributed by atoms with E-state index < -0.39 is 0 Å². The van der Waals surface area contributed by atoms with Gasteiger partial charge in [0.15, 0.2) is 0 Å². The summed E-state index contributed by atoms with van der Waals surface area (Å²) in [4.78, 5) is 0. The summed E-state index contributed by atoms with van der Waals surface area (Å²) in [5.74, 6) is 0. The highest BCUT2D eigenvalue weighted by Crippen LogP contribution is 2.24. The van der Waals surface area contributed by atoms with Crippen LogP contribution in [0.15, 0.2) is 22.7 Å². The van der Waals surface area contributed by atoms with Crippen LogP contribution in [-0.4, -0.2) is 18.6 Å². The Kier molecular flexibility index (Phi) is 4.00. The normalized spacial score (nSPS) is 19.9. The van der Waals surface area contributed by atoms with Gasteiger partial charge < -0.3 is 10.6 Å². The van der Waals surface area contributed by atoms with Crippen LogP contribution in [0.3, 0.4) is 0 Å². The van der Waals surface area contributed by atoms with E-state index in [-0.39, 0.29) is 0 Å². The molecule has 2 N–H and O–H groups in total. The van der Waals surface area contributed by atoms with Crippen molar-refractivity contribution in [2.24, 2.45) is 0 Å². The molecule has 1 aromatic carbocycles. The largest absolute Gasteiger partial charge is 0.313 e. The number of hydrogen-bond acceptors (Lipinski definition) is 2. The van der Waals surface area contributed by atoms with Crippen molar-refractivity contribution in [3.63, 3.8) is 0 Å². The Labute approximate surface area is 106 Å². The zero-order chi connectivity index (χ0) is 11.5. The molecule has 3 heteroatoms. The molecule has 1 heterocycles. The summed E-state index contributed by atoms with van der Waals surface area (Å²) < 4.78 is 1.23. The van der Waals surface area contributed by atoms with Crippen LogP contribution in [0, 0.1) is 0 Å². The lowest BCUT2D eigenvalue weighted by molar-refractivity contribution is 0.429. The highest BCUT2D eigenvalue weighted by atomic mass is 79.9. The first kappa shape index (κ1) is 12.1. The quantitative estimate of drug-likeness (QED) is 0.890. The third-order valence-electron chi connectivity index (χ3n) is 3.02. The van der Waals surface area contributed by atoms with Gasteiger partial charge in [-0.05, 0) is 23.6 Å². The smallest absolute Gasteiger partial charge is 0.0236 e. The third kappa shape index (κ3) is 2.84. The van der Waals surface area contributed by atoms with Crippen LogP contribution in [0.5, 0.6) is 0 Å². The molecule has 0 saturated heterocycles. The van der Waals surface area contributed by atoms with E-state index in [2.05, 4.69) is 58.6 Å². The molecule has 0 bridgehead atoms. The Hall–Kier alpha value is -0.380. The minimum atomic E-state index is 0.559. The van der Waals surface area contributed by atoms with Gasteiger partial charge in [-0.15, -0.1) is 0 Å². The van der Waals surface area contributed by atoms with Crippen LogP contribution in [0.4, 0.5) is 0 Å².